The molecule has 1 aromatic rings. The van der Waals surface area contributed by atoms with Crippen molar-refractivity contribution in [3.63, 3.8) is 0 Å². The second kappa shape index (κ2) is 8.72. The van der Waals surface area contributed by atoms with Gasteiger partial charge in [0, 0.05) is 24.5 Å². The SMILES string of the molecule is CCCCN(CC(N)=O)C(=O)c1cncc(C#CCO)c1. The highest BCUT2D eigenvalue weighted by molar-refractivity contribution is 5.96. The molecule has 1 aromatic heterocycles. The molecule has 0 radical (unpaired) electrons. The van der Waals surface area contributed by atoms with Crippen LogP contribution in [-0.2, 0) is 4.79 Å². The number of pyridine rings is 1. The van der Waals surface area contributed by atoms with Gasteiger partial charge in [-0.15, -0.1) is 0 Å². The topological polar surface area (TPSA) is 96.5 Å². The maximum atomic E-state index is 12.4. The number of aromatic nitrogens is 1. The Labute approximate surface area is 124 Å². The highest BCUT2D eigenvalue weighted by Gasteiger charge is 2.17. The fraction of sp³-hybridized carbons (Fsp3) is 0.400. The second-order valence-corrected chi connectivity index (χ2v) is 4.47. The second-order valence-electron chi connectivity index (χ2n) is 4.47. The van der Waals surface area contributed by atoms with Crippen molar-refractivity contribution in [2.24, 2.45) is 5.73 Å². The number of carbonyl (C=O) groups is 2. The van der Waals surface area contributed by atoms with Gasteiger partial charge in [-0.2, -0.15) is 0 Å². The fourth-order valence-corrected chi connectivity index (χ4v) is 1.74. The smallest absolute Gasteiger partial charge is 0.255 e. The number of aliphatic hydroxyl groups is 1. The number of unbranched alkanes of at least 4 members (excludes halogenated alkanes) is 1. The Morgan fingerprint density at radius 1 is 1.43 bits per heavy atom. The summed E-state index contributed by atoms with van der Waals surface area (Å²) in [7, 11) is 0. The quantitative estimate of drug-likeness (QED) is 0.729. The molecule has 0 saturated heterocycles. The number of rotatable bonds is 6. The number of amides is 2. The summed E-state index contributed by atoms with van der Waals surface area (Å²) in [6.07, 6.45) is 4.62. The molecular weight excluding hydrogens is 270 g/mol. The van der Waals surface area contributed by atoms with E-state index in [9.17, 15) is 9.59 Å². The van der Waals surface area contributed by atoms with Gasteiger partial charge in [-0.1, -0.05) is 25.2 Å². The standard InChI is InChI=1S/C15H19N3O3/c1-2-3-6-18(11-14(16)20)15(21)13-8-12(5-4-7-19)9-17-10-13/h8-10,19H,2-3,6-7,11H2,1H3,(H2,16,20). The monoisotopic (exact) mass is 289 g/mol. The van der Waals surface area contributed by atoms with Gasteiger partial charge >= 0.3 is 0 Å². The van der Waals surface area contributed by atoms with E-state index in [4.69, 9.17) is 10.8 Å². The molecule has 0 fully saturated rings. The molecule has 0 saturated carbocycles. The summed E-state index contributed by atoms with van der Waals surface area (Å²) in [5, 5.41) is 8.67. The van der Waals surface area contributed by atoms with Gasteiger partial charge in [0.1, 0.15) is 6.61 Å². The number of aliphatic hydroxyl groups excluding tert-OH is 1. The van der Waals surface area contributed by atoms with Crippen LogP contribution in [0.5, 0.6) is 0 Å². The third-order valence-electron chi connectivity index (χ3n) is 2.71. The van der Waals surface area contributed by atoms with Crippen LogP contribution in [0.15, 0.2) is 18.5 Å². The van der Waals surface area contributed by atoms with E-state index in [1.165, 1.54) is 17.3 Å². The van der Waals surface area contributed by atoms with Crippen molar-refractivity contribution in [2.45, 2.75) is 19.8 Å². The maximum Gasteiger partial charge on any atom is 0.255 e. The van der Waals surface area contributed by atoms with Gasteiger partial charge in [0.15, 0.2) is 0 Å². The van der Waals surface area contributed by atoms with Gasteiger partial charge in [-0.05, 0) is 12.5 Å². The average molecular weight is 289 g/mol. The summed E-state index contributed by atoms with van der Waals surface area (Å²) < 4.78 is 0. The molecule has 0 unspecified atom stereocenters. The highest BCUT2D eigenvalue weighted by Crippen LogP contribution is 2.07. The molecule has 0 spiro atoms. The predicted molar refractivity (Wildman–Crippen MR) is 78.2 cm³/mol. The van der Waals surface area contributed by atoms with E-state index < -0.39 is 5.91 Å². The zero-order valence-electron chi connectivity index (χ0n) is 12.0. The van der Waals surface area contributed by atoms with Crippen molar-refractivity contribution in [1.82, 2.24) is 9.88 Å². The lowest BCUT2D eigenvalue weighted by Gasteiger charge is -2.20. The first kappa shape index (κ1) is 16.7. The first-order chi connectivity index (χ1) is 10.1. The summed E-state index contributed by atoms with van der Waals surface area (Å²) in [4.78, 5) is 28.8. The summed E-state index contributed by atoms with van der Waals surface area (Å²) in [6, 6.07) is 1.58. The zero-order valence-corrected chi connectivity index (χ0v) is 12.0. The molecule has 0 aromatic carbocycles. The van der Waals surface area contributed by atoms with Crippen LogP contribution in [0, 0.1) is 11.8 Å². The van der Waals surface area contributed by atoms with Crippen molar-refractivity contribution in [3.05, 3.63) is 29.6 Å². The first-order valence-electron chi connectivity index (χ1n) is 6.70. The lowest BCUT2D eigenvalue weighted by Crippen LogP contribution is -2.39. The van der Waals surface area contributed by atoms with Gasteiger partial charge in [-0.25, -0.2) is 0 Å². The van der Waals surface area contributed by atoms with Gasteiger partial charge < -0.3 is 15.7 Å². The number of primary amides is 1. The van der Waals surface area contributed by atoms with Gasteiger partial charge in [0.25, 0.3) is 5.91 Å². The van der Waals surface area contributed by atoms with Crippen LogP contribution in [0.25, 0.3) is 0 Å². The lowest BCUT2D eigenvalue weighted by molar-refractivity contribution is -0.118. The maximum absolute atomic E-state index is 12.4. The Bertz CT molecular complexity index is 561. The minimum atomic E-state index is -0.552. The summed E-state index contributed by atoms with van der Waals surface area (Å²) in [5.41, 5.74) is 6.05. The molecule has 0 atom stereocenters. The summed E-state index contributed by atoms with van der Waals surface area (Å²) >= 11 is 0. The molecule has 2 amide bonds. The lowest BCUT2D eigenvalue weighted by atomic mass is 10.1. The predicted octanol–water partition coefficient (Wildman–Crippen LogP) is 0.153. The third kappa shape index (κ3) is 5.63. The van der Waals surface area contributed by atoms with Crippen LogP contribution in [0.1, 0.15) is 35.7 Å². The van der Waals surface area contributed by atoms with E-state index in [1.54, 1.807) is 6.07 Å². The number of carbonyl (C=O) groups excluding carboxylic acids is 2. The molecule has 0 aliphatic carbocycles. The van der Waals surface area contributed by atoms with Crippen LogP contribution in [0.2, 0.25) is 0 Å². The summed E-state index contributed by atoms with van der Waals surface area (Å²) in [6.45, 7) is 2.08. The molecule has 6 heteroatoms. The molecule has 6 nitrogen and oxygen atoms in total. The molecule has 3 N–H and O–H groups in total. The largest absolute Gasteiger partial charge is 0.384 e. The number of nitrogens with two attached hydrogens (primary N) is 1. The molecular formula is C15H19N3O3. The molecule has 1 rings (SSSR count). The van der Waals surface area contributed by atoms with Crippen molar-refractivity contribution in [1.29, 1.82) is 0 Å². The van der Waals surface area contributed by atoms with Crippen LogP contribution in [0.4, 0.5) is 0 Å². The van der Waals surface area contributed by atoms with E-state index in [0.717, 1.165) is 12.8 Å². The molecule has 21 heavy (non-hydrogen) atoms. The van der Waals surface area contributed by atoms with Crippen molar-refractivity contribution in [3.8, 4) is 11.8 Å². The first-order valence-corrected chi connectivity index (χ1v) is 6.70. The normalized spacial score (nSPS) is 9.62. The van der Waals surface area contributed by atoms with Crippen molar-refractivity contribution < 1.29 is 14.7 Å². The fourth-order valence-electron chi connectivity index (χ4n) is 1.74. The van der Waals surface area contributed by atoms with Gasteiger partial charge in [0.05, 0.1) is 12.1 Å². The van der Waals surface area contributed by atoms with Gasteiger partial charge in [-0.3, -0.25) is 14.6 Å². The Morgan fingerprint density at radius 3 is 2.81 bits per heavy atom. The molecule has 112 valence electrons. The van der Waals surface area contributed by atoms with Crippen molar-refractivity contribution >= 4 is 11.8 Å². The highest BCUT2D eigenvalue weighted by atomic mass is 16.2. The zero-order chi connectivity index (χ0) is 15.7. The molecule has 0 aliphatic rings. The Balaban J connectivity index is 2.94. The van der Waals surface area contributed by atoms with E-state index in [-0.39, 0.29) is 19.1 Å². The third-order valence-corrected chi connectivity index (χ3v) is 2.71. The molecule has 0 bridgehead atoms. The molecule has 0 aliphatic heterocycles. The summed E-state index contributed by atoms with van der Waals surface area (Å²) in [5.74, 6) is 4.33. The van der Waals surface area contributed by atoms with Crippen molar-refractivity contribution in [2.75, 3.05) is 19.7 Å². The Morgan fingerprint density at radius 2 is 2.19 bits per heavy atom. The van der Waals surface area contributed by atoms with E-state index in [0.29, 0.717) is 17.7 Å². The molecule has 1 heterocycles. The van der Waals surface area contributed by atoms with Crippen LogP contribution in [0.3, 0.4) is 0 Å². The van der Waals surface area contributed by atoms with Gasteiger partial charge in [0.2, 0.25) is 5.91 Å². The van der Waals surface area contributed by atoms with Crippen LogP contribution >= 0.6 is 0 Å². The van der Waals surface area contributed by atoms with E-state index in [1.807, 2.05) is 6.92 Å². The number of hydrogen-bond donors (Lipinski definition) is 2. The average Bonchev–Trinajstić information content (AvgIpc) is 2.48. The van der Waals surface area contributed by atoms with E-state index in [2.05, 4.69) is 16.8 Å². The Hall–Kier alpha value is -2.39. The minimum absolute atomic E-state index is 0.120. The Kier molecular flexibility index (Phi) is 6.92. The number of nitrogens with zero attached hydrogens (tertiary/aromatic N) is 2. The van der Waals surface area contributed by atoms with Crippen LogP contribution < -0.4 is 5.73 Å². The minimum Gasteiger partial charge on any atom is -0.384 e. The van der Waals surface area contributed by atoms with Crippen LogP contribution in [-0.4, -0.2) is 46.5 Å². The van der Waals surface area contributed by atoms with E-state index >= 15 is 0 Å². The number of hydrogen-bond acceptors (Lipinski definition) is 4.